The lowest BCUT2D eigenvalue weighted by molar-refractivity contribution is -0.138. The summed E-state index contributed by atoms with van der Waals surface area (Å²) in [6, 6.07) is 3.63. The first-order valence-corrected chi connectivity index (χ1v) is 6.57. The van der Waals surface area contributed by atoms with Gasteiger partial charge in [0.1, 0.15) is 0 Å². The first kappa shape index (κ1) is 17.8. The average Bonchev–Trinajstić information content (AvgIpc) is 2.45. The molecule has 0 aliphatic carbocycles. The molecule has 0 atom stereocenters. The molecule has 2 N–H and O–H groups in total. The summed E-state index contributed by atoms with van der Waals surface area (Å²) in [7, 11) is 1.46. The Hall–Kier alpha value is -1.27. The van der Waals surface area contributed by atoms with Gasteiger partial charge >= 0.3 is 6.18 Å². The molecule has 0 saturated carbocycles. The fourth-order valence-corrected chi connectivity index (χ4v) is 2.58. The second-order valence-corrected chi connectivity index (χ2v) is 4.90. The Morgan fingerprint density at radius 2 is 1.90 bits per heavy atom. The van der Waals surface area contributed by atoms with Crippen molar-refractivity contribution in [3.63, 3.8) is 0 Å². The van der Waals surface area contributed by atoms with Crippen molar-refractivity contribution in [1.29, 1.82) is 0 Å². The van der Waals surface area contributed by atoms with Crippen LogP contribution in [-0.4, -0.2) is 26.0 Å². The van der Waals surface area contributed by atoms with Crippen LogP contribution in [0.15, 0.2) is 18.2 Å². The molecule has 1 aromatic carbocycles. The van der Waals surface area contributed by atoms with E-state index in [-0.39, 0.29) is 35.4 Å². The lowest BCUT2D eigenvalue weighted by Gasteiger charge is -2.26. The zero-order chi connectivity index (χ0) is 14.8. The van der Waals surface area contributed by atoms with E-state index in [0.717, 1.165) is 6.07 Å². The summed E-state index contributed by atoms with van der Waals surface area (Å²) >= 11 is 0. The second kappa shape index (κ2) is 7.13. The van der Waals surface area contributed by atoms with Crippen LogP contribution < -0.4 is 10.6 Å². The van der Waals surface area contributed by atoms with Gasteiger partial charge in [-0.3, -0.25) is 4.79 Å². The SMILES string of the molecule is CNC(=O)c1ccc(C(F)(F)F)c(C2CCNCC2)c1.Cl. The summed E-state index contributed by atoms with van der Waals surface area (Å²) in [4.78, 5) is 11.6. The van der Waals surface area contributed by atoms with Crippen LogP contribution >= 0.6 is 12.4 Å². The van der Waals surface area contributed by atoms with E-state index in [1.807, 2.05) is 0 Å². The maximum atomic E-state index is 13.1. The molecular formula is C14H18ClF3N2O. The lowest BCUT2D eigenvalue weighted by atomic mass is 9.86. The van der Waals surface area contributed by atoms with Crippen molar-refractivity contribution in [1.82, 2.24) is 10.6 Å². The van der Waals surface area contributed by atoms with E-state index >= 15 is 0 Å². The summed E-state index contributed by atoms with van der Waals surface area (Å²) in [6.07, 6.45) is -3.08. The van der Waals surface area contributed by atoms with E-state index in [2.05, 4.69) is 10.6 Å². The highest BCUT2D eigenvalue weighted by Gasteiger charge is 2.35. The summed E-state index contributed by atoms with van der Waals surface area (Å²) in [6.45, 7) is 1.40. The summed E-state index contributed by atoms with van der Waals surface area (Å²) < 4.78 is 39.3. The molecule has 3 nitrogen and oxygen atoms in total. The van der Waals surface area contributed by atoms with Gasteiger partial charge in [0.2, 0.25) is 0 Å². The Morgan fingerprint density at radius 3 is 2.43 bits per heavy atom. The van der Waals surface area contributed by atoms with E-state index in [9.17, 15) is 18.0 Å². The monoisotopic (exact) mass is 322 g/mol. The lowest BCUT2D eigenvalue weighted by Crippen LogP contribution is -2.28. The molecule has 2 rings (SSSR count). The number of alkyl halides is 3. The number of piperidine rings is 1. The van der Waals surface area contributed by atoms with Crippen LogP contribution in [0.25, 0.3) is 0 Å². The van der Waals surface area contributed by atoms with E-state index in [1.54, 1.807) is 0 Å². The Morgan fingerprint density at radius 1 is 1.29 bits per heavy atom. The quantitative estimate of drug-likeness (QED) is 0.879. The topological polar surface area (TPSA) is 41.1 Å². The van der Waals surface area contributed by atoms with Crippen LogP contribution in [0.5, 0.6) is 0 Å². The molecule has 0 spiro atoms. The van der Waals surface area contributed by atoms with E-state index in [1.165, 1.54) is 19.2 Å². The Kier molecular flexibility index (Phi) is 6.04. The maximum absolute atomic E-state index is 13.1. The van der Waals surface area contributed by atoms with Gasteiger partial charge in [0.15, 0.2) is 0 Å². The summed E-state index contributed by atoms with van der Waals surface area (Å²) in [5.41, 5.74) is -0.119. The number of halogens is 4. The zero-order valence-electron chi connectivity index (χ0n) is 11.6. The van der Waals surface area contributed by atoms with Crippen molar-refractivity contribution in [2.75, 3.05) is 20.1 Å². The van der Waals surface area contributed by atoms with Crippen molar-refractivity contribution in [2.45, 2.75) is 24.9 Å². The van der Waals surface area contributed by atoms with Crippen LogP contribution in [0.3, 0.4) is 0 Å². The number of hydrogen-bond donors (Lipinski definition) is 2. The Bertz CT molecular complexity index is 499. The first-order chi connectivity index (χ1) is 9.43. The molecule has 0 bridgehead atoms. The number of amides is 1. The molecule has 1 heterocycles. The fourth-order valence-electron chi connectivity index (χ4n) is 2.58. The van der Waals surface area contributed by atoms with Crippen molar-refractivity contribution in [3.05, 3.63) is 34.9 Å². The molecule has 21 heavy (non-hydrogen) atoms. The van der Waals surface area contributed by atoms with Crippen molar-refractivity contribution >= 4 is 18.3 Å². The molecule has 1 amide bonds. The molecule has 7 heteroatoms. The van der Waals surface area contributed by atoms with Gasteiger partial charge in [-0.05, 0) is 55.6 Å². The van der Waals surface area contributed by atoms with Gasteiger partial charge in [0.25, 0.3) is 5.91 Å². The van der Waals surface area contributed by atoms with E-state index in [4.69, 9.17) is 0 Å². The second-order valence-electron chi connectivity index (χ2n) is 4.90. The minimum atomic E-state index is -4.39. The predicted molar refractivity (Wildman–Crippen MR) is 76.9 cm³/mol. The number of rotatable bonds is 2. The third-order valence-electron chi connectivity index (χ3n) is 3.63. The van der Waals surface area contributed by atoms with Crippen molar-refractivity contribution in [2.24, 2.45) is 0 Å². The molecule has 1 aromatic rings. The highest BCUT2D eigenvalue weighted by Crippen LogP contribution is 2.38. The van der Waals surface area contributed by atoms with Crippen LogP contribution in [0.4, 0.5) is 13.2 Å². The molecule has 1 saturated heterocycles. The van der Waals surface area contributed by atoms with E-state index in [0.29, 0.717) is 25.9 Å². The van der Waals surface area contributed by atoms with Crippen LogP contribution in [0, 0.1) is 0 Å². The van der Waals surface area contributed by atoms with Gasteiger partial charge in [-0.1, -0.05) is 0 Å². The number of carbonyl (C=O) groups is 1. The molecule has 1 fully saturated rings. The number of benzene rings is 1. The average molecular weight is 323 g/mol. The van der Waals surface area contributed by atoms with Gasteiger partial charge < -0.3 is 10.6 Å². The minimum absolute atomic E-state index is 0. The van der Waals surface area contributed by atoms with Crippen LogP contribution in [0.2, 0.25) is 0 Å². The normalized spacial score (nSPS) is 16.2. The smallest absolute Gasteiger partial charge is 0.355 e. The number of nitrogens with one attached hydrogen (secondary N) is 2. The molecule has 0 radical (unpaired) electrons. The summed E-state index contributed by atoms with van der Waals surface area (Å²) in [5.74, 6) is -0.522. The number of carbonyl (C=O) groups excluding carboxylic acids is 1. The van der Waals surface area contributed by atoms with Crippen molar-refractivity contribution < 1.29 is 18.0 Å². The molecule has 118 valence electrons. The summed E-state index contributed by atoms with van der Waals surface area (Å²) in [5, 5.41) is 5.57. The largest absolute Gasteiger partial charge is 0.416 e. The van der Waals surface area contributed by atoms with Gasteiger partial charge in [-0.25, -0.2) is 0 Å². The molecule has 0 unspecified atom stereocenters. The highest BCUT2D eigenvalue weighted by atomic mass is 35.5. The van der Waals surface area contributed by atoms with Crippen LogP contribution in [0.1, 0.15) is 40.2 Å². The van der Waals surface area contributed by atoms with Gasteiger partial charge in [0.05, 0.1) is 5.56 Å². The third kappa shape index (κ3) is 4.11. The van der Waals surface area contributed by atoms with Crippen molar-refractivity contribution in [3.8, 4) is 0 Å². The number of hydrogen-bond acceptors (Lipinski definition) is 2. The molecule has 0 aromatic heterocycles. The van der Waals surface area contributed by atoms with Gasteiger partial charge in [0, 0.05) is 12.6 Å². The fraction of sp³-hybridized carbons (Fsp3) is 0.500. The molecule has 1 aliphatic heterocycles. The standard InChI is InChI=1S/C14H17F3N2O.ClH/c1-18-13(20)10-2-3-12(14(15,16)17)11(8-10)9-4-6-19-7-5-9;/h2-3,8-9,19H,4-7H2,1H3,(H,18,20);1H. The Balaban J connectivity index is 0.00000220. The minimum Gasteiger partial charge on any atom is -0.355 e. The van der Waals surface area contributed by atoms with Gasteiger partial charge in [-0.15, -0.1) is 12.4 Å². The highest BCUT2D eigenvalue weighted by molar-refractivity contribution is 5.94. The Labute approximate surface area is 127 Å². The zero-order valence-corrected chi connectivity index (χ0v) is 12.4. The molecule has 1 aliphatic rings. The van der Waals surface area contributed by atoms with Crippen LogP contribution in [-0.2, 0) is 6.18 Å². The maximum Gasteiger partial charge on any atom is 0.416 e. The first-order valence-electron chi connectivity index (χ1n) is 6.57. The van der Waals surface area contributed by atoms with E-state index < -0.39 is 11.7 Å². The molecular weight excluding hydrogens is 305 g/mol. The van der Waals surface area contributed by atoms with Gasteiger partial charge in [-0.2, -0.15) is 13.2 Å². The predicted octanol–water partition coefficient (Wildman–Crippen LogP) is 2.95. The third-order valence-corrected chi connectivity index (χ3v) is 3.63.